The van der Waals surface area contributed by atoms with E-state index in [1.54, 1.807) is 0 Å². The Balaban J connectivity index is 0. The zero-order valence-electron chi connectivity index (χ0n) is 10.8. The molecule has 0 N–H and O–H groups in total. The first-order valence-corrected chi connectivity index (χ1v) is 6.07. The molecule has 81 valence electrons. The van der Waals surface area contributed by atoms with Gasteiger partial charge < -0.3 is 4.90 Å². The predicted octanol–water partition coefficient (Wildman–Crippen LogP) is 3.31. The Morgan fingerprint density at radius 2 is 0.929 bits per heavy atom. The summed E-state index contributed by atoms with van der Waals surface area (Å²) < 4.78 is 0. The Morgan fingerprint density at radius 3 is 1.14 bits per heavy atom. The largest absolute Gasteiger partial charge is 0.303 e. The number of hydrogen-bond donors (Lipinski definition) is 0. The summed E-state index contributed by atoms with van der Waals surface area (Å²) in [5.74, 6) is 0. The van der Waals surface area contributed by atoms with Crippen molar-refractivity contribution in [3.05, 3.63) is 0 Å². The molecule has 0 fully saturated rings. The van der Waals surface area contributed by atoms with Gasteiger partial charge >= 0.3 is 0 Å². The smallest absolute Gasteiger partial charge is 0 e. The van der Waals surface area contributed by atoms with Crippen molar-refractivity contribution in [3.63, 3.8) is 0 Å². The molecule has 0 aromatic carbocycles. The number of nitrogens with zero attached hydrogens (tertiary/aromatic N) is 1. The van der Waals surface area contributed by atoms with Crippen LogP contribution in [0.4, 0.5) is 0 Å². The van der Waals surface area contributed by atoms with Gasteiger partial charge in [-0.25, -0.2) is 0 Å². The average Bonchev–Trinajstić information content (AvgIpc) is 2.17. The van der Waals surface area contributed by atoms with E-state index in [-0.39, 0.29) is 18.9 Å². The summed E-state index contributed by atoms with van der Waals surface area (Å²) in [4.78, 5) is 2.64. The van der Waals surface area contributed by atoms with E-state index in [9.17, 15) is 0 Å². The van der Waals surface area contributed by atoms with Gasteiger partial charge in [0.2, 0.25) is 0 Å². The maximum Gasteiger partial charge on any atom is 0 e. The van der Waals surface area contributed by atoms with Gasteiger partial charge in [0.25, 0.3) is 0 Å². The molecule has 14 heavy (non-hydrogen) atoms. The fourth-order valence-corrected chi connectivity index (χ4v) is 1.48. The number of rotatable bonds is 9. The molecule has 0 aliphatic rings. The molecular formula is C12H27LiN. The third-order valence-corrected chi connectivity index (χ3v) is 2.48. The van der Waals surface area contributed by atoms with Crippen LogP contribution in [0.5, 0.6) is 0 Å². The van der Waals surface area contributed by atoms with Crippen LogP contribution in [0.15, 0.2) is 0 Å². The second-order valence-electron chi connectivity index (χ2n) is 3.90. The first-order chi connectivity index (χ1) is 6.35. The molecule has 0 atom stereocenters. The monoisotopic (exact) mass is 192 g/mol. The van der Waals surface area contributed by atoms with Crippen LogP contribution >= 0.6 is 0 Å². The molecule has 1 nitrogen and oxygen atoms in total. The Labute approximate surface area is 103 Å². The van der Waals surface area contributed by atoms with Crippen molar-refractivity contribution in [2.75, 3.05) is 19.6 Å². The van der Waals surface area contributed by atoms with Crippen LogP contribution in [0.1, 0.15) is 59.3 Å². The maximum absolute atomic E-state index is 2.64. The topological polar surface area (TPSA) is 3.24 Å². The van der Waals surface area contributed by atoms with Crippen molar-refractivity contribution in [2.45, 2.75) is 59.3 Å². The first-order valence-electron chi connectivity index (χ1n) is 6.07. The van der Waals surface area contributed by atoms with Crippen molar-refractivity contribution in [3.8, 4) is 0 Å². The van der Waals surface area contributed by atoms with E-state index in [0.29, 0.717) is 0 Å². The third kappa shape index (κ3) is 10.6. The van der Waals surface area contributed by atoms with Crippen molar-refractivity contribution < 1.29 is 0 Å². The summed E-state index contributed by atoms with van der Waals surface area (Å²) in [6.45, 7) is 10.8. The molecule has 2 heteroatoms. The van der Waals surface area contributed by atoms with Crippen LogP contribution in [-0.4, -0.2) is 43.4 Å². The number of unbranched alkanes of at least 4 members (excludes halogenated alkanes) is 3. The molecule has 0 amide bonds. The Morgan fingerprint density at radius 1 is 0.643 bits per heavy atom. The summed E-state index contributed by atoms with van der Waals surface area (Å²) in [5, 5.41) is 0. The third-order valence-electron chi connectivity index (χ3n) is 2.48. The standard InChI is InChI=1S/C12H27N.Li/c1-4-7-10-13(11-8-5-2)12-9-6-3;/h4-12H2,1-3H3;. The van der Waals surface area contributed by atoms with E-state index in [0.717, 1.165) is 0 Å². The van der Waals surface area contributed by atoms with Crippen LogP contribution < -0.4 is 0 Å². The molecule has 0 aromatic rings. The molecule has 0 rings (SSSR count). The minimum atomic E-state index is 0. The van der Waals surface area contributed by atoms with E-state index >= 15 is 0 Å². The van der Waals surface area contributed by atoms with Crippen LogP contribution in [0, 0.1) is 0 Å². The average molecular weight is 192 g/mol. The summed E-state index contributed by atoms with van der Waals surface area (Å²) >= 11 is 0. The Hall–Kier alpha value is 0.557. The van der Waals surface area contributed by atoms with Crippen LogP contribution in [0.3, 0.4) is 0 Å². The molecule has 0 heterocycles. The summed E-state index contributed by atoms with van der Waals surface area (Å²) in [6.07, 6.45) is 8.09. The van der Waals surface area contributed by atoms with Crippen molar-refractivity contribution in [1.82, 2.24) is 4.90 Å². The zero-order valence-corrected chi connectivity index (χ0v) is 10.8. The van der Waals surface area contributed by atoms with Crippen molar-refractivity contribution in [1.29, 1.82) is 0 Å². The maximum atomic E-state index is 2.64. The van der Waals surface area contributed by atoms with Crippen molar-refractivity contribution >= 4 is 18.9 Å². The zero-order chi connectivity index (χ0) is 9.94. The fourth-order valence-electron chi connectivity index (χ4n) is 1.48. The Bertz CT molecular complexity index is 77.3. The Kier molecular flexibility index (Phi) is 16.4. The molecular weight excluding hydrogens is 165 g/mol. The van der Waals surface area contributed by atoms with Crippen molar-refractivity contribution in [2.24, 2.45) is 0 Å². The molecule has 0 aromatic heterocycles. The number of hydrogen-bond acceptors (Lipinski definition) is 1. The predicted molar refractivity (Wildman–Crippen MR) is 66.9 cm³/mol. The SMILES string of the molecule is CCCCN(CCCC)CCCC.[Li]. The van der Waals surface area contributed by atoms with Gasteiger partial charge in [-0.15, -0.1) is 0 Å². The van der Waals surface area contributed by atoms with Gasteiger partial charge in [0.1, 0.15) is 0 Å². The quantitative estimate of drug-likeness (QED) is 0.507. The van der Waals surface area contributed by atoms with Gasteiger partial charge in [0, 0.05) is 18.9 Å². The van der Waals surface area contributed by atoms with Crippen LogP contribution in [0.2, 0.25) is 0 Å². The molecule has 0 saturated heterocycles. The molecule has 0 bridgehead atoms. The van der Waals surface area contributed by atoms with Gasteiger partial charge in [0.15, 0.2) is 0 Å². The van der Waals surface area contributed by atoms with Crippen LogP contribution in [-0.2, 0) is 0 Å². The summed E-state index contributed by atoms with van der Waals surface area (Å²) in [7, 11) is 0. The van der Waals surface area contributed by atoms with E-state index < -0.39 is 0 Å². The van der Waals surface area contributed by atoms with Gasteiger partial charge in [0.05, 0.1) is 0 Å². The first kappa shape index (κ1) is 17.0. The summed E-state index contributed by atoms with van der Waals surface area (Å²) in [5.41, 5.74) is 0. The van der Waals surface area contributed by atoms with E-state index in [4.69, 9.17) is 0 Å². The summed E-state index contributed by atoms with van der Waals surface area (Å²) in [6, 6.07) is 0. The minimum Gasteiger partial charge on any atom is -0.303 e. The van der Waals surface area contributed by atoms with Gasteiger partial charge in [-0.3, -0.25) is 0 Å². The fraction of sp³-hybridized carbons (Fsp3) is 1.00. The molecule has 0 saturated carbocycles. The van der Waals surface area contributed by atoms with E-state index in [2.05, 4.69) is 25.7 Å². The second kappa shape index (κ2) is 13.6. The molecule has 0 aliphatic heterocycles. The molecule has 0 aliphatic carbocycles. The van der Waals surface area contributed by atoms with Gasteiger partial charge in [-0.1, -0.05) is 40.0 Å². The van der Waals surface area contributed by atoms with Crippen LogP contribution in [0.25, 0.3) is 0 Å². The normalized spacial score (nSPS) is 10.3. The molecule has 0 unspecified atom stereocenters. The van der Waals surface area contributed by atoms with Gasteiger partial charge in [-0.05, 0) is 38.9 Å². The molecule has 1 radical (unpaired) electrons. The minimum absolute atomic E-state index is 0. The molecule has 0 spiro atoms. The second-order valence-corrected chi connectivity index (χ2v) is 3.90. The van der Waals surface area contributed by atoms with E-state index in [1.807, 2.05) is 0 Å². The van der Waals surface area contributed by atoms with Gasteiger partial charge in [-0.2, -0.15) is 0 Å². The van der Waals surface area contributed by atoms with E-state index in [1.165, 1.54) is 58.2 Å².